The number of hydrogen-bond acceptors (Lipinski definition) is 4. The van der Waals surface area contributed by atoms with Crippen LogP contribution in [0, 0.1) is 11.3 Å². The predicted octanol–water partition coefficient (Wildman–Crippen LogP) is 2.99. The van der Waals surface area contributed by atoms with Crippen LogP contribution in [0.2, 0.25) is 0 Å². The second kappa shape index (κ2) is 7.09. The monoisotopic (exact) mass is 305 g/mol. The average molecular weight is 306 g/mol. The number of hydrogen-bond donors (Lipinski definition) is 0. The number of aryl methyl sites for hydroxylation is 1. The summed E-state index contributed by atoms with van der Waals surface area (Å²) in [6.45, 7) is 2.80. The number of nitriles is 1. The third-order valence-corrected chi connectivity index (χ3v) is 3.38. The molecule has 0 radical (unpaired) electrons. The zero-order valence-electron chi connectivity index (χ0n) is 11.8. The predicted molar refractivity (Wildman–Crippen MR) is 79.9 cm³/mol. The molecule has 5 nitrogen and oxygen atoms in total. The van der Waals surface area contributed by atoms with Crippen LogP contribution in [0.1, 0.15) is 31.2 Å². The fraction of sp³-hybridized carbons (Fsp3) is 0.400. The molecule has 0 aliphatic rings. The van der Waals surface area contributed by atoms with Crippen molar-refractivity contribution in [3.8, 4) is 6.07 Å². The van der Waals surface area contributed by atoms with Crippen LogP contribution in [-0.2, 0) is 22.0 Å². The van der Waals surface area contributed by atoms with E-state index in [1.807, 2.05) is 10.6 Å². The molecule has 21 heavy (non-hydrogen) atoms. The van der Waals surface area contributed by atoms with Crippen molar-refractivity contribution >= 4 is 28.6 Å². The van der Waals surface area contributed by atoms with Crippen LogP contribution in [0.25, 0.3) is 11.0 Å². The minimum Gasteiger partial charge on any atom is -0.466 e. The molecule has 0 fully saturated rings. The third kappa shape index (κ3) is 3.53. The summed E-state index contributed by atoms with van der Waals surface area (Å²) in [4.78, 5) is 15.8. The van der Waals surface area contributed by atoms with Crippen molar-refractivity contribution in [3.05, 3.63) is 29.6 Å². The molecular formula is C15H16ClN3O2. The van der Waals surface area contributed by atoms with Gasteiger partial charge < -0.3 is 9.30 Å². The number of esters is 1. The first-order valence-corrected chi connectivity index (χ1v) is 7.34. The summed E-state index contributed by atoms with van der Waals surface area (Å²) in [7, 11) is 0. The van der Waals surface area contributed by atoms with E-state index < -0.39 is 0 Å². The van der Waals surface area contributed by atoms with E-state index in [-0.39, 0.29) is 11.8 Å². The molecule has 1 aromatic carbocycles. The van der Waals surface area contributed by atoms with Gasteiger partial charge in [0.25, 0.3) is 0 Å². The van der Waals surface area contributed by atoms with Crippen LogP contribution in [0.3, 0.4) is 0 Å². The Morgan fingerprint density at radius 2 is 2.33 bits per heavy atom. The number of nitrogens with zero attached hydrogens (tertiary/aromatic N) is 3. The molecule has 0 unspecified atom stereocenters. The van der Waals surface area contributed by atoms with E-state index in [2.05, 4.69) is 11.1 Å². The lowest BCUT2D eigenvalue weighted by Crippen LogP contribution is -2.08. The minimum atomic E-state index is -0.202. The van der Waals surface area contributed by atoms with Gasteiger partial charge in [-0.05, 0) is 31.5 Å². The Hall–Kier alpha value is -2.06. The highest BCUT2D eigenvalue weighted by atomic mass is 35.5. The molecule has 0 amide bonds. The molecule has 0 bridgehead atoms. The fourth-order valence-electron chi connectivity index (χ4n) is 2.21. The molecule has 0 aliphatic heterocycles. The average Bonchev–Trinajstić information content (AvgIpc) is 2.84. The van der Waals surface area contributed by atoms with Gasteiger partial charge in [0.15, 0.2) is 0 Å². The Kier molecular flexibility index (Phi) is 5.18. The molecule has 110 valence electrons. The van der Waals surface area contributed by atoms with Gasteiger partial charge in [0.2, 0.25) is 0 Å². The van der Waals surface area contributed by atoms with Gasteiger partial charge >= 0.3 is 5.97 Å². The van der Waals surface area contributed by atoms with Gasteiger partial charge in [0.1, 0.15) is 5.82 Å². The summed E-state index contributed by atoms with van der Waals surface area (Å²) in [5.74, 6) is 0.827. The van der Waals surface area contributed by atoms with Gasteiger partial charge in [-0.3, -0.25) is 4.79 Å². The van der Waals surface area contributed by atoms with Crippen molar-refractivity contribution < 1.29 is 9.53 Å². The number of carbonyl (C=O) groups excluding carboxylic acids is 1. The number of rotatable bonds is 6. The van der Waals surface area contributed by atoms with Gasteiger partial charge in [-0.2, -0.15) is 5.26 Å². The van der Waals surface area contributed by atoms with E-state index in [0.717, 1.165) is 16.9 Å². The molecule has 0 saturated carbocycles. The van der Waals surface area contributed by atoms with Gasteiger partial charge in [0.05, 0.1) is 35.2 Å². The fourth-order valence-corrected chi connectivity index (χ4v) is 2.41. The summed E-state index contributed by atoms with van der Waals surface area (Å²) in [5.41, 5.74) is 2.25. The number of alkyl halides is 1. The number of imidazole rings is 1. The van der Waals surface area contributed by atoms with Gasteiger partial charge in [-0.25, -0.2) is 4.98 Å². The van der Waals surface area contributed by atoms with Crippen LogP contribution in [-0.4, -0.2) is 22.1 Å². The molecule has 0 N–H and O–H groups in total. The van der Waals surface area contributed by atoms with E-state index in [0.29, 0.717) is 31.6 Å². The summed E-state index contributed by atoms with van der Waals surface area (Å²) >= 11 is 5.93. The van der Waals surface area contributed by atoms with Crippen molar-refractivity contribution in [3.63, 3.8) is 0 Å². The molecular weight excluding hydrogens is 290 g/mol. The molecule has 1 aromatic heterocycles. The first kappa shape index (κ1) is 15.3. The molecule has 0 spiro atoms. The minimum absolute atomic E-state index is 0.202. The molecule has 2 rings (SSSR count). The lowest BCUT2D eigenvalue weighted by atomic mass is 10.2. The standard InChI is InChI=1S/C15H16ClN3O2/c1-2-21-15(20)4-3-7-19-13-8-11(10-17)5-6-12(13)18-14(19)9-16/h5-6,8H,2-4,7,9H2,1H3. The van der Waals surface area contributed by atoms with E-state index in [4.69, 9.17) is 21.6 Å². The van der Waals surface area contributed by atoms with E-state index in [1.165, 1.54) is 0 Å². The number of carbonyl (C=O) groups is 1. The molecule has 0 aliphatic carbocycles. The van der Waals surface area contributed by atoms with Crippen molar-refractivity contribution in [1.82, 2.24) is 9.55 Å². The van der Waals surface area contributed by atoms with E-state index >= 15 is 0 Å². The molecule has 1 heterocycles. The summed E-state index contributed by atoms with van der Waals surface area (Å²) < 4.78 is 6.87. The van der Waals surface area contributed by atoms with Crippen LogP contribution < -0.4 is 0 Å². The first-order chi connectivity index (χ1) is 10.2. The number of fused-ring (bicyclic) bond motifs is 1. The number of aromatic nitrogens is 2. The smallest absolute Gasteiger partial charge is 0.305 e. The zero-order chi connectivity index (χ0) is 15.2. The Morgan fingerprint density at radius 3 is 3.00 bits per heavy atom. The number of halogens is 1. The number of benzene rings is 1. The van der Waals surface area contributed by atoms with Crippen molar-refractivity contribution in [2.45, 2.75) is 32.2 Å². The maximum Gasteiger partial charge on any atom is 0.305 e. The highest BCUT2D eigenvalue weighted by molar-refractivity contribution is 6.16. The van der Waals surface area contributed by atoms with Crippen LogP contribution >= 0.6 is 11.6 Å². The summed E-state index contributed by atoms with van der Waals surface area (Å²) in [6.07, 6.45) is 0.998. The SMILES string of the molecule is CCOC(=O)CCCn1c(CCl)nc2ccc(C#N)cc21. The van der Waals surface area contributed by atoms with E-state index in [1.54, 1.807) is 19.1 Å². The van der Waals surface area contributed by atoms with Gasteiger partial charge in [-0.15, -0.1) is 11.6 Å². The molecule has 2 aromatic rings. The second-order valence-corrected chi connectivity index (χ2v) is 4.80. The Labute approximate surface area is 128 Å². The van der Waals surface area contributed by atoms with Crippen LogP contribution in [0.15, 0.2) is 18.2 Å². The van der Waals surface area contributed by atoms with E-state index in [9.17, 15) is 4.79 Å². The molecule has 6 heteroatoms. The summed E-state index contributed by atoms with van der Waals surface area (Å²) in [5, 5.41) is 8.99. The number of ether oxygens (including phenoxy) is 1. The first-order valence-electron chi connectivity index (χ1n) is 6.80. The van der Waals surface area contributed by atoms with Crippen molar-refractivity contribution in [1.29, 1.82) is 5.26 Å². The zero-order valence-corrected chi connectivity index (χ0v) is 12.6. The maximum absolute atomic E-state index is 11.4. The van der Waals surface area contributed by atoms with Crippen LogP contribution in [0.4, 0.5) is 0 Å². The highest BCUT2D eigenvalue weighted by Gasteiger charge is 2.11. The molecule has 0 saturated heterocycles. The lowest BCUT2D eigenvalue weighted by Gasteiger charge is -2.07. The normalized spacial score (nSPS) is 10.5. The Bertz CT molecular complexity index is 688. The van der Waals surface area contributed by atoms with Crippen molar-refractivity contribution in [2.75, 3.05) is 6.61 Å². The van der Waals surface area contributed by atoms with Gasteiger partial charge in [-0.1, -0.05) is 0 Å². The van der Waals surface area contributed by atoms with Crippen LogP contribution in [0.5, 0.6) is 0 Å². The van der Waals surface area contributed by atoms with Gasteiger partial charge in [0, 0.05) is 13.0 Å². The highest BCUT2D eigenvalue weighted by Crippen LogP contribution is 2.20. The quantitative estimate of drug-likeness (QED) is 0.608. The molecule has 0 atom stereocenters. The Balaban J connectivity index is 2.20. The Morgan fingerprint density at radius 1 is 1.52 bits per heavy atom. The maximum atomic E-state index is 11.4. The third-order valence-electron chi connectivity index (χ3n) is 3.14. The summed E-state index contributed by atoms with van der Waals surface area (Å²) in [6, 6.07) is 7.45. The largest absolute Gasteiger partial charge is 0.466 e. The second-order valence-electron chi connectivity index (χ2n) is 4.54. The topological polar surface area (TPSA) is 67.9 Å². The lowest BCUT2D eigenvalue weighted by molar-refractivity contribution is -0.143. The van der Waals surface area contributed by atoms with Crippen molar-refractivity contribution in [2.24, 2.45) is 0 Å².